The minimum Gasteiger partial charge on any atom is -0.480 e. The summed E-state index contributed by atoms with van der Waals surface area (Å²) in [6.07, 6.45) is 0.255. The number of carbonyl (C=O) groups excluding carboxylic acids is 1. The van der Waals surface area contributed by atoms with E-state index in [2.05, 4.69) is 9.62 Å². The first-order valence-corrected chi connectivity index (χ1v) is 14.9. The van der Waals surface area contributed by atoms with E-state index in [0.717, 1.165) is 40.4 Å². The minimum absolute atomic E-state index is 0.0129. The van der Waals surface area contributed by atoms with Crippen molar-refractivity contribution < 1.29 is 23.1 Å². The molecule has 2 aromatic carbocycles. The van der Waals surface area contributed by atoms with Crippen LogP contribution in [0.3, 0.4) is 0 Å². The smallest absolute Gasteiger partial charge is 0.325 e. The monoisotopic (exact) mass is 573 g/mol. The van der Waals surface area contributed by atoms with Gasteiger partial charge < -0.3 is 14.9 Å². The molecule has 2 atom stereocenters. The maximum atomic E-state index is 13.3. The van der Waals surface area contributed by atoms with E-state index in [0.29, 0.717) is 23.7 Å². The second kappa shape index (κ2) is 10.4. The first kappa shape index (κ1) is 26.8. The number of carboxylic acid groups (broad SMARTS) is 1. The first-order chi connectivity index (χ1) is 18.1. The number of nitrogens with zero attached hydrogens (tertiary/aromatic N) is 2. The zero-order chi connectivity index (χ0) is 27.1. The first-order valence-electron chi connectivity index (χ1n) is 12.3. The van der Waals surface area contributed by atoms with Crippen LogP contribution < -0.4 is 4.72 Å². The van der Waals surface area contributed by atoms with Crippen LogP contribution in [0.4, 0.5) is 0 Å². The van der Waals surface area contributed by atoms with Crippen LogP contribution in [-0.4, -0.2) is 74.0 Å². The van der Waals surface area contributed by atoms with Gasteiger partial charge in [0.25, 0.3) is 10.0 Å². The zero-order valence-electron chi connectivity index (χ0n) is 20.8. The van der Waals surface area contributed by atoms with E-state index < -0.39 is 27.4 Å². The van der Waals surface area contributed by atoms with Gasteiger partial charge in [-0.25, -0.2) is 8.42 Å². The summed E-state index contributed by atoms with van der Waals surface area (Å²) in [5, 5.41) is 10.7. The fraction of sp³-hybridized carbons (Fsp3) is 0.333. The Balaban J connectivity index is 1.35. The lowest BCUT2D eigenvalue weighted by Crippen LogP contribution is -2.47. The number of amides is 1. The Labute approximate surface area is 230 Å². The summed E-state index contributed by atoms with van der Waals surface area (Å²) in [4.78, 5) is 30.1. The van der Waals surface area contributed by atoms with Crippen molar-refractivity contribution in [2.24, 2.45) is 0 Å². The van der Waals surface area contributed by atoms with Gasteiger partial charge in [-0.15, -0.1) is 11.3 Å². The quantitative estimate of drug-likeness (QED) is 0.426. The van der Waals surface area contributed by atoms with Gasteiger partial charge in [-0.05, 0) is 54.4 Å². The molecule has 2 aliphatic rings. The molecule has 1 saturated heterocycles. The lowest BCUT2D eigenvalue weighted by Gasteiger charge is -2.32. The number of likely N-dealkylation sites (N-methyl/N-ethyl adjacent to an activating group) is 1. The maximum absolute atomic E-state index is 13.3. The summed E-state index contributed by atoms with van der Waals surface area (Å²) in [6.45, 7) is 2.92. The van der Waals surface area contributed by atoms with Gasteiger partial charge >= 0.3 is 5.97 Å². The Morgan fingerprint density at radius 3 is 2.42 bits per heavy atom. The van der Waals surface area contributed by atoms with Crippen LogP contribution in [0.25, 0.3) is 10.4 Å². The van der Waals surface area contributed by atoms with Crippen LogP contribution >= 0.6 is 22.9 Å². The third-order valence-electron chi connectivity index (χ3n) is 7.26. The maximum Gasteiger partial charge on any atom is 0.325 e. The summed E-state index contributed by atoms with van der Waals surface area (Å²) in [5.74, 6) is -1.83. The van der Waals surface area contributed by atoms with Crippen LogP contribution in [0, 0.1) is 0 Å². The standard InChI is InChI=1S/C27H28ClN3O5S2/c1-30-12-14-31(15-13-30)24(32)16-19-4-2-3-5-21(19)22-17-27(22,26(33)34)29-38(35,36)25-11-10-23(37-25)18-6-8-20(28)9-7-18/h2-11,22,29H,12-17H2,1H3,(H,33,34)/t22-,27+/m0/s1. The molecule has 1 aliphatic carbocycles. The van der Waals surface area contributed by atoms with Gasteiger partial charge in [-0.3, -0.25) is 9.59 Å². The predicted molar refractivity (Wildman–Crippen MR) is 147 cm³/mol. The molecule has 8 nitrogen and oxygen atoms in total. The normalized spacial score (nSPS) is 21.8. The Morgan fingerprint density at radius 1 is 1.05 bits per heavy atom. The lowest BCUT2D eigenvalue weighted by molar-refractivity contribution is -0.140. The van der Waals surface area contributed by atoms with Crippen molar-refractivity contribution in [3.8, 4) is 10.4 Å². The van der Waals surface area contributed by atoms with Crippen LogP contribution in [0.2, 0.25) is 5.02 Å². The Kier molecular flexibility index (Phi) is 7.36. The summed E-state index contributed by atoms with van der Waals surface area (Å²) < 4.78 is 29.2. The highest BCUT2D eigenvalue weighted by Crippen LogP contribution is 2.53. The van der Waals surface area contributed by atoms with Gasteiger partial charge in [-0.1, -0.05) is 48.0 Å². The molecule has 11 heteroatoms. The number of hydrogen-bond acceptors (Lipinski definition) is 6. The van der Waals surface area contributed by atoms with E-state index in [4.69, 9.17) is 11.6 Å². The molecule has 0 unspecified atom stereocenters. The number of rotatable bonds is 8. The van der Waals surface area contributed by atoms with Gasteiger partial charge in [0.1, 0.15) is 9.75 Å². The Bertz CT molecular complexity index is 1470. The number of halogens is 1. The van der Waals surface area contributed by atoms with Crippen molar-refractivity contribution in [1.82, 2.24) is 14.5 Å². The fourth-order valence-corrected chi connectivity index (χ4v) is 7.76. The number of carbonyl (C=O) groups is 2. The van der Waals surface area contributed by atoms with Crippen molar-refractivity contribution in [3.63, 3.8) is 0 Å². The molecule has 2 N–H and O–H groups in total. The molecule has 2 fully saturated rings. The molecule has 0 radical (unpaired) electrons. The molecule has 2 heterocycles. The molecular formula is C27H28ClN3O5S2. The number of nitrogens with one attached hydrogen (secondary N) is 1. The van der Waals surface area contributed by atoms with Crippen LogP contribution in [0.5, 0.6) is 0 Å². The summed E-state index contributed by atoms with van der Waals surface area (Å²) >= 11 is 7.02. The Hall–Kier alpha value is -2.76. The molecule has 1 aromatic heterocycles. The van der Waals surface area contributed by atoms with Crippen molar-refractivity contribution in [3.05, 3.63) is 76.8 Å². The summed E-state index contributed by atoms with van der Waals surface area (Å²) in [6, 6.07) is 17.4. The Morgan fingerprint density at radius 2 is 1.74 bits per heavy atom. The molecule has 5 rings (SSSR count). The van der Waals surface area contributed by atoms with Crippen molar-refractivity contribution in [1.29, 1.82) is 0 Å². The van der Waals surface area contributed by atoms with E-state index >= 15 is 0 Å². The molecule has 1 amide bonds. The van der Waals surface area contributed by atoms with Crippen molar-refractivity contribution in [2.75, 3.05) is 33.2 Å². The van der Waals surface area contributed by atoms with Gasteiger partial charge in [0.15, 0.2) is 0 Å². The topological polar surface area (TPSA) is 107 Å². The average Bonchev–Trinajstić information content (AvgIpc) is 3.37. The predicted octanol–water partition coefficient (Wildman–Crippen LogP) is 3.67. The molecule has 0 spiro atoms. The summed E-state index contributed by atoms with van der Waals surface area (Å²) in [5.41, 5.74) is 0.561. The molecule has 1 saturated carbocycles. The zero-order valence-corrected chi connectivity index (χ0v) is 23.2. The highest BCUT2D eigenvalue weighted by atomic mass is 35.5. The second-order valence-corrected chi connectivity index (χ2v) is 13.3. The highest BCUT2D eigenvalue weighted by molar-refractivity contribution is 7.91. The van der Waals surface area contributed by atoms with Gasteiger partial charge in [0, 0.05) is 42.0 Å². The van der Waals surface area contributed by atoms with Crippen LogP contribution in [0.15, 0.2) is 64.9 Å². The molecule has 3 aromatic rings. The molecular weight excluding hydrogens is 546 g/mol. The fourth-order valence-electron chi connectivity index (χ4n) is 4.92. The number of thiophene rings is 1. The molecule has 200 valence electrons. The third kappa shape index (κ3) is 5.37. The van der Waals surface area contributed by atoms with E-state index in [1.54, 1.807) is 42.5 Å². The van der Waals surface area contributed by atoms with Gasteiger partial charge in [-0.2, -0.15) is 4.72 Å². The lowest BCUT2D eigenvalue weighted by atomic mass is 9.97. The van der Waals surface area contributed by atoms with Crippen LogP contribution in [-0.2, 0) is 26.0 Å². The number of hydrogen-bond donors (Lipinski definition) is 2. The molecule has 0 bridgehead atoms. The van der Waals surface area contributed by atoms with E-state index in [1.807, 2.05) is 24.1 Å². The SMILES string of the molecule is CN1CCN(C(=O)Cc2ccccc2[C@@H]2C[C@]2(NS(=O)(=O)c2ccc(-c3ccc(Cl)cc3)s2)C(=O)O)CC1. The van der Waals surface area contributed by atoms with Crippen LogP contribution in [0.1, 0.15) is 23.5 Å². The number of carboxylic acids is 1. The average molecular weight is 574 g/mol. The number of sulfonamides is 1. The van der Waals surface area contributed by atoms with Crippen molar-refractivity contribution >= 4 is 44.8 Å². The largest absolute Gasteiger partial charge is 0.480 e. The number of benzene rings is 2. The summed E-state index contributed by atoms with van der Waals surface area (Å²) in [7, 11) is -2.09. The number of aliphatic carboxylic acids is 1. The van der Waals surface area contributed by atoms with E-state index in [9.17, 15) is 23.1 Å². The third-order valence-corrected chi connectivity index (χ3v) is 10.7. The molecule has 1 aliphatic heterocycles. The number of piperazine rings is 1. The van der Waals surface area contributed by atoms with E-state index in [-0.39, 0.29) is 23.0 Å². The van der Waals surface area contributed by atoms with Crippen molar-refractivity contribution in [2.45, 2.75) is 28.5 Å². The minimum atomic E-state index is -4.11. The van der Waals surface area contributed by atoms with Gasteiger partial charge in [0.2, 0.25) is 5.91 Å². The van der Waals surface area contributed by atoms with E-state index in [1.165, 1.54) is 6.07 Å². The second-order valence-electron chi connectivity index (χ2n) is 9.82. The molecule has 38 heavy (non-hydrogen) atoms. The highest BCUT2D eigenvalue weighted by Gasteiger charge is 2.64. The van der Waals surface area contributed by atoms with Gasteiger partial charge in [0.05, 0.1) is 6.42 Å².